The summed E-state index contributed by atoms with van der Waals surface area (Å²) in [5.41, 5.74) is -0.839. The van der Waals surface area contributed by atoms with Gasteiger partial charge in [-0.2, -0.15) is 13.2 Å². The molecule has 2 amide bonds. The van der Waals surface area contributed by atoms with Gasteiger partial charge >= 0.3 is 6.18 Å². The third-order valence-corrected chi connectivity index (χ3v) is 4.44. The van der Waals surface area contributed by atoms with Crippen molar-refractivity contribution < 1.29 is 22.8 Å². The van der Waals surface area contributed by atoms with Crippen LogP contribution in [0.5, 0.6) is 0 Å². The number of anilines is 1. The van der Waals surface area contributed by atoms with Gasteiger partial charge in [0.15, 0.2) is 0 Å². The monoisotopic (exact) mass is 386 g/mol. The average molecular weight is 386 g/mol. The van der Waals surface area contributed by atoms with E-state index in [2.05, 4.69) is 15.6 Å². The predicted molar refractivity (Wildman–Crippen MR) is 95.0 cm³/mol. The minimum Gasteiger partial charge on any atom is -0.368 e. The second-order valence-electron chi connectivity index (χ2n) is 6.54. The fourth-order valence-electron chi connectivity index (χ4n) is 3.08. The highest BCUT2D eigenvalue weighted by molar-refractivity contribution is 5.81. The highest BCUT2D eigenvalue weighted by Crippen LogP contribution is 2.33. The standard InChI is InChI=1S/C18H25F3N4O2/c1-2-5-15(26)25-11-4-6-13(12-25)17(27)24-10-9-23-16-14(18(19,20)21)7-3-8-22-16/h3,7-8,13H,2,4-6,9-12H2,1H3,(H,22,23)(H,24,27). The van der Waals surface area contributed by atoms with Crippen molar-refractivity contribution in [1.29, 1.82) is 0 Å². The van der Waals surface area contributed by atoms with Gasteiger partial charge in [-0.1, -0.05) is 6.92 Å². The lowest BCUT2D eigenvalue weighted by Gasteiger charge is -2.32. The number of rotatable bonds is 7. The molecule has 6 nitrogen and oxygen atoms in total. The number of alkyl halides is 3. The zero-order chi connectivity index (χ0) is 19.9. The van der Waals surface area contributed by atoms with Crippen molar-refractivity contribution in [3.63, 3.8) is 0 Å². The van der Waals surface area contributed by atoms with Crippen LogP contribution in [0.3, 0.4) is 0 Å². The lowest BCUT2D eigenvalue weighted by molar-refractivity contribution is -0.137. The maximum Gasteiger partial charge on any atom is 0.419 e. The Balaban J connectivity index is 1.79. The van der Waals surface area contributed by atoms with Crippen molar-refractivity contribution in [2.45, 2.75) is 38.8 Å². The second kappa shape index (κ2) is 9.57. The van der Waals surface area contributed by atoms with E-state index in [-0.39, 0.29) is 36.6 Å². The average Bonchev–Trinajstić information content (AvgIpc) is 2.65. The van der Waals surface area contributed by atoms with Crippen LogP contribution in [0.1, 0.15) is 38.2 Å². The molecule has 1 atom stereocenters. The number of likely N-dealkylation sites (tertiary alicyclic amines) is 1. The summed E-state index contributed by atoms with van der Waals surface area (Å²) in [6, 6.07) is 2.18. The number of aromatic nitrogens is 1. The molecule has 0 aromatic carbocycles. The molecule has 27 heavy (non-hydrogen) atoms. The number of nitrogens with zero attached hydrogens (tertiary/aromatic N) is 2. The normalized spacial score (nSPS) is 17.5. The quantitative estimate of drug-likeness (QED) is 0.707. The van der Waals surface area contributed by atoms with Crippen molar-refractivity contribution in [2.75, 3.05) is 31.5 Å². The number of pyridine rings is 1. The molecule has 1 aromatic heterocycles. The summed E-state index contributed by atoms with van der Waals surface area (Å²) in [6.45, 7) is 3.30. The van der Waals surface area contributed by atoms with Gasteiger partial charge in [0, 0.05) is 38.8 Å². The molecule has 1 fully saturated rings. The molecule has 1 unspecified atom stereocenters. The Hall–Kier alpha value is -2.32. The third-order valence-electron chi connectivity index (χ3n) is 4.44. The molecular weight excluding hydrogens is 361 g/mol. The summed E-state index contributed by atoms with van der Waals surface area (Å²) in [5, 5.41) is 5.34. The number of piperidine rings is 1. The number of hydrogen-bond acceptors (Lipinski definition) is 4. The maximum atomic E-state index is 12.9. The van der Waals surface area contributed by atoms with Crippen LogP contribution in [-0.2, 0) is 15.8 Å². The molecule has 0 saturated carbocycles. The van der Waals surface area contributed by atoms with Crippen LogP contribution in [0.15, 0.2) is 18.3 Å². The molecule has 0 aliphatic carbocycles. The summed E-state index contributed by atoms with van der Waals surface area (Å²) in [4.78, 5) is 29.7. The Morgan fingerprint density at radius 3 is 2.81 bits per heavy atom. The summed E-state index contributed by atoms with van der Waals surface area (Å²) in [7, 11) is 0. The molecule has 9 heteroatoms. The van der Waals surface area contributed by atoms with Crippen LogP contribution >= 0.6 is 0 Å². The molecule has 1 aromatic rings. The zero-order valence-electron chi connectivity index (χ0n) is 15.3. The first-order valence-corrected chi connectivity index (χ1v) is 9.14. The zero-order valence-corrected chi connectivity index (χ0v) is 15.3. The van der Waals surface area contributed by atoms with Crippen LogP contribution in [-0.4, -0.2) is 47.9 Å². The summed E-state index contributed by atoms with van der Waals surface area (Å²) >= 11 is 0. The first-order valence-electron chi connectivity index (χ1n) is 9.14. The van der Waals surface area contributed by atoms with Gasteiger partial charge < -0.3 is 15.5 Å². The Labute approximate surface area is 156 Å². The van der Waals surface area contributed by atoms with E-state index in [1.807, 2.05) is 6.92 Å². The molecule has 150 valence electrons. The molecule has 1 aliphatic heterocycles. The number of nitrogens with one attached hydrogen (secondary N) is 2. The van der Waals surface area contributed by atoms with Crippen molar-refractivity contribution in [3.8, 4) is 0 Å². The van der Waals surface area contributed by atoms with E-state index in [9.17, 15) is 22.8 Å². The molecule has 0 bridgehead atoms. The van der Waals surface area contributed by atoms with Crippen molar-refractivity contribution in [3.05, 3.63) is 23.9 Å². The lowest BCUT2D eigenvalue weighted by Crippen LogP contribution is -2.46. The number of halogens is 3. The molecule has 2 rings (SSSR count). The topological polar surface area (TPSA) is 74.3 Å². The van der Waals surface area contributed by atoms with Crippen LogP contribution in [0, 0.1) is 5.92 Å². The highest BCUT2D eigenvalue weighted by Gasteiger charge is 2.34. The van der Waals surface area contributed by atoms with Crippen molar-refractivity contribution in [2.24, 2.45) is 5.92 Å². The van der Waals surface area contributed by atoms with Gasteiger partial charge in [-0.25, -0.2) is 4.98 Å². The van der Waals surface area contributed by atoms with E-state index < -0.39 is 11.7 Å². The van der Waals surface area contributed by atoms with Gasteiger partial charge in [-0.3, -0.25) is 9.59 Å². The largest absolute Gasteiger partial charge is 0.419 e. The summed E-state index contributed by atoms with van der Waals surface area (Å²) in [6.07, 6.45) is -0.492. The van der Waals surface area contributed by atoms with Crippen LogP contribution < -0.4 is 10.6 Å². The fraction of sp³-hybridized carbons (Fsp3) is 0.611. The molecule has 2 N–H and O–H groups in total. The molecule has 1 aliphatic rings. The molecule has 2 heterocycles. The fourth-order valence-corrected chi connectivity index (χ4v) is 3.08. The lowest BCUT2D eigenvalue weighted by atomic mass is 9.97. The SMILES string of the molecule is CCCC(=O)N1CCCC(C(=O)NCCNc2ncccc2C(F)(F)F)C1. The Kier molecular flexibility index (Phi) is 7.44. The van der Waals surface area contributed by atoms with Gasteiger partial charge in [0.2, 0.25) is 11.8 Å². The van der Waals surface area contributed by atoms with Gasteiger partial charge in [0.1, 0.15) is 5.82 Å². The van der Waals surface area contributed by atoms with E-state index in [4.69, 9.17) is 0 Å². The predicted octanol–water partition coefficient (Wildman–Crippen LogP) is 2.67. The first-order chi connectivity index (χ1) is 12.8. The smallest absolute Gasteiger partial charge is 0.368 e. The van der Waals surface area contributed by atoms with E-state index in [1.165, 1.54) is 12.3 Å². The number of carbonyl (C=O) groups is 2. The molecule has 1 saturated heterocycles. The second-order valence-corrected chi connectivity index (χ2v) is 6.54. The van der Waals surface area contributed by atoms with Crippen molar-refractivity contribution in [1.82, 2.24) is 15.2 Å². The Bertz CT molecular complexity index is 652. The minimum atomic E-state index is -4.49. The van der Waals surface area contributed by atoms with Crippen molar-refractivity contribution >= 4 is 17.6 Å². The maximum absolute atomic E-state index is 12.9. The van der Waals surface area contributed by atoms with Gasteiger partial charge in [0.25, 0.3) is 0 Å². The number of hydrogen-bond donors (Lipinski definition) is 2. The van der Waals surface area contributed by atoms with Crippen LogP contribution in [0.4, 0.5) is 19.0 Å². The van der Waals surface area contributed by atoms with E-state index in [1.54, 1.807) is 4.90 Å². The first kappa shape index (κ1) is 21.0. The molecule has 0 radical (unpaired) electrons. The van der Waals surface area contributed by atoms with Gasteiger partial charge in [-0.15, -0.1) is 0 Å². The highest BCUT2D eigenvalue weighted by atomic mass is 19.4. The van der Waals surface area contributed by atoms with Gasteiger partial charge in [-0.05, 0) is 31.4 Å². The Morgan fingerprint density at radius 2 is 2.11 bits per heavy atom. The van der Waals surface area contributed by atoms with Crippen LogP contribution in [0.25, 0.3) is 0 Å². The van der Waals surface area contributed by atoms with E-state index >= 15 is 0 Å². The third kappa shape index (κ3) is 6.11. The Morgan fingerprint density at radius 1 is 1.33 bits per heavy atom. The summed E-state index contributed by atoms with van der Waals surface area (Å²) < 4.78 is 38.7. The number of amides is 2. The van der Waals surface area contributed by atoms with E-state index in [0.29, 0.717) is 25.9 Å². The van der Waals surface area contributed by atoms with Crippen LogP contribution in [0.2, 0.25) is 0 Å². The molecular formula is C18H25F3N4O2. The number of carbonyl (C=O) groups excluding carboxylic acids is 2. The molecule has 0 spiro atoms. The van der Waals surface area contributed by atoms with E-state index in [0.717, 1.165) is 18.9 Å². The summed E-state index contributed by atoms with van der Waals surface area (Å²) in [5.74, 6) is -0.650. The van der Waals surface area contributed by atoms with Gasteiger partial charge in [0.05, 0.1) is 11.5 Å². The minimum absolute atomic E-state index is 0.0616.